The number of amides is 2. The number of halogens is 1. The fourth-order valence-electron chi connectivity index (χ4n) is 3.70. The molecule has 6 heteroatoms. The van der Waals surface area contributed by atoms with Crippen LogP contribution in [0.2, 0.25) is 5.02 Å². The molecule has 0 heterocycles. The molecule has 2 amide bonds. The summed E-state index contributed by atoms with van der Waals surface area (Å²) in [7, 11) is 1.90. The standard InChI is InChI=1S/C23H28ClN3O2/c1-27(16-22(28)25-20-10-6-3-7-11-20)15-18-12-13-19(24)14-21(18)26-23(29)17-8-4-2-5-9-17/h2,4-5,8-9,12-14,20H,3,6-7,10-11,15-16H2,1H3,(H,25,28)(H,26,29). The molecule has 2 aromatic rings. The second-order valence-electron chi connectivity index (χ2n) is 7.70. The van der Waals surface area contributed by atoms with E-state index < -0.39 is 0 Å². The minimum atomic E-state index is -0.188. The van der Waals surface area contributed by atoms with E-state index in [0.29, 0.717) is 35.4 Å². The molecule has 154 valence electrons. The molecule has 0 radical (unpaired) electrons. The zero-order valence-corrected chi connectivity index (χ0v) is 17.5. The molecule has 1 saturated carbocycles. The molecule has 29 heavy (non-hydrogen) atoms. The van der Waals surface area contributed by atoms with Gasteiger partial charge in [-0.1, -0.05) is 55.1 Å². The van der Waals surface area contributed by atoms with Crippen molar-refractivity contribution in [2.75, 3.05) is 18.9 Å². The van der Waals surface area contributed by atoms with Crippen LogP contribution in [0.1, 0.15) is 48.0 Å². The van der Waals surface area contributed by atoms with Gasteiger partial charge >= 0.3 is 0 Å². The fraction of sp³-hybridized carbons (Fsp3) is 0.391. The Balaban J connectivity index is 1.61. The van der Waals surface area contributed by atoms with Gasteiger partial charge in [-0.3, -0.25) is 14.5 Å². The number of hydrogen-bond donors (Lipinski definition) is 2. The highest BCUT2D eigenvalue weighted by molar-refractivity contribution is 6.31. The van der Waals surface area contributed by atoms with Crippen molar-refractivity contribution in [3.8, 4) is 0 Å². The van der Waals surface area contributed by atoms with Crippen LogP contribution in [-0.2, 0) is 11.3 Å². The van der Waals surface area contributed by atoms with Gasteiger partial charge in [0.1, 0.15) is 0 Å². The van der Waals surface area contributed by atoms with Gasteiger partial charge < -0.3 is 10.6 Å². The molecular formula is C23H28ClN3O2. The molecule has 1 aliphatic carbocycles. The van der Waals surface area contributed by atoms with Crippen LogP contribution in [0.25, 0.3) is 0 Å². The van der Waals surface area contributed by atoms with Crippen LogP contribution < -0.4 is 10.6 Å². The quantitative estimate of drug-likeness (QED) is 0.703. The molecule has 0 aromatic heterocycles. The summed E-state index contributed by atoms with van der Waals surface area (Å²) in [6.07, 6.45) is 5.79. The number of carbonyl (C=O) groups is 2. The monoisotopic (exact) mass is 413 g/mol. The third-order valence-corrected chi connectivity index (χ3v) is 5.42. The Morgan fingerprint density at radius 1 is 1.07 bits per heavy atom. The van der Waals surface area contributed by atoms with Gasteiger partial charge in [-0.05, 0) is 49.7 Å². The Bertz CT molecular complexity index is 835. The number of nitrogens with one attached hydrogen (secondary N) is 2. The molecule has 0 unspecified atom stereocenters. The van der Waals surface area contributed by atoms with Gasteiger partial charge in [-0.25, -0.2) is 0 Å². The van der Waals surface area contributed by atoms with E-state index in [4.69, 9.17) is 11.6 Å². The summed E-state index contributed by atoms with van der Waals surface area (Å²) in [6.45, 7) is 0.838. The number of rotatable bonds is 7. The molecule has 1 fully saturated rings. The first-order valence-corrected chi connectivity index (χ1v) is 10.5. The number of anilines is 1. The molecular weight excluding hydrogens is 386 g/mol. The molecule has 0 spiro atoms. The van der Waals surface area contributed by atoms with E-state index in [1.165, 1.54) is 19.3 Å². The van der Waals surface area contributed by atoms with Crippen LogP contribution in [0, 0.1) is 0 Å². The molecule has 0 saturated heterocycles. The maximum absolute atomic E-state index is 12.5. The van der Waals surface area contributed by atoms with E-state index in [1.54, 1.807) is 24.3 Å². The summed E-state index contributed by atoms with van der Waals surface area (Å²) in [5.74, 6) is -0.143. The highest BCUT2D eigenvalue weighted by atomic mass is 35.5. The number of hydrogen-bond acceptors (Lipinski definition) is 3. The van der Waals surface area contributed by atoms with Crippen molar-refractivity contribution in [1.82, 2.24) is 10.2 Å². The SMILES string of the molecule is CN(CC(=O)NC1CCCCC1)Cc1ccc(Cl)cc1NC(=O)c1ccccc1. The van der Waals surface area contributed by atoms with Crippen molar-refractivity contribution in [2.45, 2.75) is 44.7 Å². The summed E-state index contributed by atoms with van der Waals surface area (Å²) < 4.78 is 0. The highest BCUT2D eigenvalue weighted by Gasteiger charge is 2.17. The topological polar surface area (TPSA) is 61.4 Å². The Morgan fingerprint density at radius 2 is 1.79 bits per heavy atom. The lowest BCUT2D eigenvalue weighted by Gasteiger charge is -2.24. The molecule has 2 aromatic carbocycles. The van der Waals surface area contributed by atoms with Crippen molar-refractivity contribution in [3.05, 3.63) is 64.7 Å². The normalized spacial score (nSPS) is 14.6. The second kappa shape index (κ2) is 10.4. The van der Waals surface area contributed by atoms with Crippen molar-refractivity contribution >= 4 is 29.1 Å². The van der Waals surface area contributed by atoms with Gasteiger partial charge in [-0.2, -0.15) is 0 Å². The number of likely N-dealkylation sites (N-methyl/N-ethyl adjacent to an activating group) is 1. The molecule has 1 aliphatic rings. The minimum Gasteiger partial charge on any atom is -0.352 e. The highest BCUT2D eigenvalue weighted by Crippen LogP contribution is 2.23. The third kappa shape index (κ3) is 6.58. The van der Waals surface area contributed by atoms with Crippen LogP contribution in [0.15, 0.2) is 48.5 Å². The van der Waals surface area contributed by atoms with Crippen molar-refractivity contribution < 1.29 is 9.59 Å². The van der Waals surface area contributed by atoms with Crippen LogP contribution in [0.5, 0.6) is 0 Å². The largest absolute Gasteiger partial charge is 0.352 e. The van der Waals surface area contributed by atoms with Crippen LogP contribution >= 0.6 is 11.6 Å². The van der Waals surface area contributed by atoms with E-state index >= 15 is 0 Å². The summed E-state index contributed by atoms with van der Waals surface area (Å²) in [4.78, 5) is 26.8. The van der Waals surface area contributed by atoms with Gasteiger partial charge in [0.05, 0.1) is 6.54 Å². The zero-order valence-electron chi connectivity index (χ0n) is 16.8. The maximum Gasteiger partial charge on any atom is 0.255 e. The van der Waals surface area contributed by atoms with Gasteiger partial charge in [0.15, 0.2) is 0 Å². The van der Waals surface area contributed by atoms with Crippen molar-refractivity contribution in [1.29, 1.82) is 0 Å². The first kappa shape index (κ1) is 21.3. The van der Waals surface area contributed by atoms with Gasteiger partial charge in [0, 0.05) is 28.9 Å². The maximum atomic E-state index is 12.5. The molecule has 0 atom stereocenters. The Labute approximate surface area is 177 Å². The van der Waals surface area contributed by atoms with E-state index in [0.717, 1.165) is 18.4 Å². The fourth-order valence-corrected chi connectivity index (χ4v) is 3.87. The summed E-state index contributed by atoms with van der Waals surface area (Å²) >= 11 is 6.15. The summed E-state index contributed by atoms with van der Waals surface area (Å²) in [5, 5.41) is 6.63. The minimum absolute atomic E-state index is 0.0447. The number of benzene rings is 2. The van der Waals surface area contributed by atoms with Gasteiger partial charge in [-0.15, -0.1) is 0 Å². The molecule has 3 rings (SSSR count). The lowest BCUT2D eigenvalue weighted by Crippen LogP contribution is -2.41. The Morgan fingerprint density at radius 3 is 2.52 bits per heavy atom. The van der Waals surface area contributed by atoms with Crippen LogP contribution in [0.4, 0.5) is 5.69 Å². The summed E-state index contributed by atoms with van der Waals surface area (Å²) in [5.41, 5.74) is 2.15. The van der Waals surface area contributed by atoms with E-state index in [-0.39, 0.29) is 11.8 Å². The molecule has 0 aliphatic heterocycles. The van der Waals surface area contributed by atoms with Crippen LogP contribution in [0.3, 0.4) is 0 Å². The zero-order chi connectivity index (χ0) is 20.6. The number of nitrogens with zero attached hydrogens (tertiary/aromatic N) is 1. The molecule has 0 bridgehead atoms. The lowest BCUT2D eigenvalue weighted by atomic mass is 9.95. The van der Waals surface area contributed by atoms with E-state index in [1.807, 2.05) is 36.2 Å². The first-order chi connectivity index (χ1) is 14.0. The van der Waals surface area contributed by atoms with E-state index in [2.05, 4.69) is 10.6 Å². The third-order valence-electron chi connectivity index (χ3n) is 5.18. The molecule has 2 N–H and O–H groups in total. The van der Waals surface area contributed by atoms with E-state index in [9.17, 15) is 9.59 Å². The van der Waals surface area contributed by atoms with Crippen molar-refractivity contribution in [2.24, 2.45) is 0 Å². The number of carbonyl (C=O) groups excluding carboxylic acids is 2. The Hall–Kier alpha value is -2.37. The second-order valence-corrected chi connectivity index (χ2v) is 8.13. The van der Waals surface area contributed by atoms with Gasteiger partial charge in [0.2, 0.25) is 5.91 Å². The smallest absolute Gasteiger partial charge is 0.255 e. The molecule has 5 nitrogen and oxygen atoms in total. The lowest BCUT2D eigenvalue weighted by molar-refractivity contribution is -0.123. The predicted molar refractivity (Wildman–Crippen MR) is 117 cm³/mol. The average molecular weight is 414 g/mol. The average Bonchev–Trinajstić information content (AvgIpc) is 2.71. The predicted octanol–water partition coefficient (Wildman–Crippen LogP) is 4.47. The van der Waals surface area contributed by atoms with Crippen LogP contribution in [-0.4, -0.2) is 36.3 Å². The first-order valence-electron chi connectivity index (χ1n) is 10.1. The van der Waals surface area contributed by atoms with Crippen molar-refractivity contribution in [3.63, 3.8) is 0 Å². The van der Waals surface area contributed by atoms with Gasteiger partial charge in [0.25, 0.3) is 5.91 Å². The summed E-state index contributed by atoms with van der Waals surface area (Å²) in [6, 6.07) is 14.8. The Kier molecular flexibility index (Phi) is 7.67.